The van der Waals surface area contributed by atoms with Crippen LogP contribution in [0.2, 0.25) is 0 Å². The molecule has 42 heavy (non-hydrogen) atoms. The number of aromatic hydroxyl groups is 1. The number of rotatable bonds is 9. The van der Waals surface area contributed by atoms with E-state index in [0.29, 0.717) is 46.8 Å². The Balaban J connectivity index is 1.54. The number of phenolic OH excluding ortho intramolecular Hbond substituents is 1. The number of carbonyl (C=O) groups is 2. The molecule has 0 unspecified atom stereocenters. The van der Waals surface area contributed by atoms with Gasteiger partial charge in [0.2, 0.25) is 0 Å². The maximum Gasteiger partial charge on any atom is 0.259 e. The zero-order chi connectivity index (χ0) is 29.5. The minimum atomic E-state index is -0.470. The molecule has 5 rings (SSSR count). The number of para-hydroxylation sites is 1. The van der Waals surface area contributed by atoms with E-state index < -0.39 is 5.91 Å². The summed E-state index contributed by atoms with van der Waals surface area (Å²) in [4.78, 5) is 26.0. The molecule has 0 atom stereocenters. The molecule has 0 fully saturated rings. The van der Waals surface area contributed by atoms with E-state index in [1.165, 1.54) is 0 Å². The van der Waals surface area contributed by atoms with Gasteiger partial charge in [0.1, 0.15) is 11.4 Å². The molecule has 3 N–H and O–H groups in total. The third kappa shape index (κ3) is 5.97. The molecular formula is C34H30N4O4. The van der Waals surface area contributed by atoms with Crippen LogP contribution < -0.4 is 15.4 Å². The highest BCUT2D eigenvalue weighted by Crippen LogP contribution is 2.42. The molecule has 2 amide bonds. The number of nitrogens with zero attached hydrogens (tertiary/aromatic N) is 2. The van der Waals surface area contributed by atoms with E-state index in [1.807, 2.05) is 74.5 Å². The lowest BCUT2D eigenvalue weighted by molar-refractivity contribution is 0.101. The van der Waals surface area contributed by atoms with Crippen LogP contribution in [0.4, 0.5) is 22.7 Å². The number of ether oxygens (including phenoxy) is 1. The van der Waals surface area contributed by atoms with Gasteiger partial charge in [-0.15, -0.1) is 10.2 Å². The molecule has 0 aliphatic rings. The fraction of sp³-hybridized carbons (Fsp3) is 0.118. The van der Waals surface area contributed by atoms with Crippen LogP contribution in [0.25, 0.3) is 10.8 Å². The quantitative estimate of drug-likeness (QED) is 0.158. The molecule has 0 aliphatic carbocycles. The molecule has 0 saturated carbocycles. The summed E-state index contributed by atoms with van der Waals surface area (Å²) >= 11 is 0. The fourth-order valence-corrected chi connectivity index (χ4v) is 4.67. The molecule has 8 heteroatoms. The second kappa shape index (κ2) is 12.8. The first-order chi connectivity index (χ1) is 20.5. The summed E-state index contributed by atoms with van der Waals surface area (Å²) in [5.41, 5.74) is 3.18. The van der Waals surface area contributed by atoms with Gasteiger partial charge in [0.15, 0.2) is 11.5 Å². The van der Waals surface area contributed by atoms with Gasteiger partial charge >= 0.3 is 0 Å². The number of benzene rings is 5. The van der Waals surface area contributed by atoms with Crippen LogP contribution in [0.5, 0.6) is 11.5 Å². The predicted octanol–water partition coefficient (Wildman–Crippen LogP) is 8.43. The highest BCUT2D eigenvalue weighted by atomic mass is 16.5. The molecule has 0 spiro atoms. The van der Waals surface area contributed by atoms with Gasteiger partial charge in [0, 0.05) is 27.9 Å². The fourth-order valence-electron chi connectivity index (χ4n) is 4.67. The highest BCUT2D eigenvalue weighted by molar-refractivity contribution is 6.11. The Bertz CT molecular complexity index is 1770. The summed E-state index contributed by atoms with van der Waals surface area (Å²) in [6.45, 7) is 4.20. The van der Waals surface area contributed by atoms with Crippen LogP contribution in [-0.4, -0.2) is 23.5 Å². The van der Waals surface area contributed by atoms with Crippen molar-refractivity contribution in [3.63, 3.8) is 0 Å². The van der Waals surface area contributed by atoms with Crippen molar-refractivity contribution in [2.75, 3.05) is 17.2 Å². The number of azo groups is 1. The van der Waals surface area contributed by atoms with Gasteiger partial charge in [0.05, 0.1) is 12.2 Å². The molecule has 5 aromatic rings. The van der Waals surface area contributed by atoms with Gasteiger partial charge < -0.3 is 20.5 Å². The molecule has 0 bridgehead atoms. The van der Waals surface area contributed by atoms with Crippen molar-refractivity contribution in [2.24, 2.45) is 10.2 Å². The number of carbonyl (C=O) groups excluding carboxylic acids is 2. The van der Waals surface area contributed by atoms with Crippen molar-refractivity contribution >= 4 is 45.3 Å². The molecular weight excluding hydrogens is 528 g/mol. The standard InChI is InChI=1S/C34H30N4O4/c1-3-25-28(36-33(40)22-13-7-5-8-14-22)19-20-29(32(25)42-4-2)37-38-30-26-18-12-11-15-23(26)21-27(31(30)39)34(41)35-24-16-9-6-10-17-24/h5-21,39H,3-4H2,1-2H3,(H,35,41)(H,36,40). The number of hydrogen-bond acceptors (Lipinski definition) is 6. The first-order valence-electron chi connectivity index (χ1n) is 13.7. The number of nitrogens with one attached hydrogen (secondary N) is 2. The third-order valence-corrected chi connectivity index (χ3v) is 6.70. The minimum absolute atomic E-state index is 0.0738. The lowest BCUT2D eigenvalue weighted by atomic mass is 10.0. The van der Waals surface area contributed by atoms with E-state index in [9.17, 15) is 14.7 Å². The van der Waals surface area contributed by atoms with E-state index in [1.54, 1.807) is 42.5 Å². The number of anilines is 2. The molecule has 0 saturated heterocycles. The Kier molecular flexibility index (Phi) is 8.53. The van der Waals surface area contributed by atoms with Gasteiger partial charge in [0.25, 0.3) is 11.8 Å². The smallest absolute Gasteiger partial charge is 0.259 e. The summed E-state index contributed by atoms with van der Waals surface area (Å²) in [6.07, 6.45) is 0.562. The Morgan fingerprint density at radius 1 is 0.786 bits per heavy atom. The molecule has 5 aromatic carbocycles. The molecule has 0 aromatic heterocycles. The molecule has 8 nitrogen and oxygen atoms in total. The van der Waals surface area contributed by atoms with Crippen LogP contribution >= 0.6 is 0 Å². The van der Waals surface area contributed by atoms with E-state index in [0.717, 1.165) is 10.9 Å². The van der Waals surface area contributed by atoms with Gasteiger partial charge in [-0.25, -0.2) is 0 Å². The second-order valence-electron chi connectivity index (χ2n) is 9.41. The Morgan fingerprint density at radius 2 is 1.48 bits per heavy atom. The molecule has 210 valence electrons. The van der Waals surface area contributed by atoms with E-state index >= 15 is 0 Å². The number of phenols is 1. The maximum atomic E-state index is 13.2. The number of fused-ring (bicyclic) bond motifs is 1. The maximum absolute atomic E-state index is 13.2. The summed E-state index contributed by atoms with van der Waals surface area (Å²) in [5.74, 6) is -0.505. The van der Waals surface area contributed by atoms with Crippen molar-refractivity contribution in [2.45, 2.75) is 20.3 Å². The summed E-state index contributed by atoms with van der Waals surface area (Å²) in [6, 6.07) is 30.4. The monoisotopic (exact) mass is 558 g/mol. The van der Waals surface area contributed by atoms with Crippen LogP contribution in [0.1, 0.15) is 40.1 Å². The van der Waals surface area contributed by atoms with Crippen molar-refractivity contribution in [3.05, 3.63) is 120 Å². The average Bonchev–Trinajstić information content (AvgIpc) is 3.02. The van der Waals surface area contributed by atoms with E-state index in [4.69, 9.17) is 4.74 Å². The van der Waals surface area contributed by atoms with Crippen LogP contribution in [0.3, 0.4) is 0 Å². The Labute approximate surface area is 243 Å². The van der Waals surface area contributed by atoms with Gasteiger partial charge in [-0.3, -0.25) is 9.59 Å². The second-order valence-corrected chi connectivity index (χ2v) is 9.41. The normalized spacial score (nSPS) is 11.0. The van der Waals surface area contributed by atoms with Gasteiger partial charge in [-0.2, -0.15) is 0 Å². The van der Waals surface area contributed by atoms with Gasteiger partial charge in [-0.1, -0.05) is 67.6 Å². The lowest BCUT2D eigenvalue weighted by Crippen LogP contribution is -2.13. The van der Waals surface area contributed by atoms with E-state index in [2.05, 4.69) is 20.9 Å². The zero-order valence-electron chi connectivity index (χ0n) is 23.3. The average molecular weight is 559 g/mol. The van der Waals surface area contributed by atoms with Crippen molar-refractivity contribution in [3.8, 4) is 11.5 Å². The minimum Gasteiger partial charge on any atom is -0.505 e. The van der Waals surface area contributed by atoms with E-state index in [-0.39, 0.29) is 22.9 Å². The Morgan fingerprint density at radius 3 is 2.19 bits per heavy atom. The summed E-state index contributed by atoms with van der Waals surface area (Å²) in [7, 11) is 0. The van der Waals surface area contributed by atoms with Crippen LogP contribution in [-0.2, 0) is 6.42 Å². The molecule has 0 heterocycles. The van der Waals surface area contributed by atoms with Crippen molar-refractivity contribution in [1.29, 1.82) is 0 Å². The lowest BCUT2D eigenvalue weighted by Gasteiger charge is -2.16. The summed E-state index contributed by atoms with van der Waals surface area (Å²) < 4.78 is 5.99. The van der Waals surface area contributed by atoms with Crippen molar-refractivity contribution in [1.82, 2.24) is 0 Å². The predicted molar refractivity (Wildman–Crippen MR) is 166 cm³/mol. The first kappa shape index (κ1) is 28.0. The molecule has 0 aliphatic heterocycles. The first-order valence-corrected chi connectivity index (χ1v) is 13.7. The third-order valence-electron chi connectivity index (χ3n) is 6.70. The van der Waals surface area contributed by atoms with Crippen LogP contribution in [0.15, 0.2) is 113 Å². The highest BCUT2D eigenvalue weighted by Gasteiger charge is 2.20. The zero-order valence-corrected chi connectivity index (χ0v) is 23.3. The van der Waals surface area contributed by atoms with Crippen LogP contribution in [0, 0.1) is 0 Å². The summed E-state index contributed by atoms with van der Waals surface area (Å²) in [5, 5.41) is 27.3. The van der Waals surface area contributed by atoms with Crippen molar-refractivity contribution < 1.29 is 19.4 Å². The SMILES string of the molecule is CCOc1c(N=Nc2c(O)c(C(=O)Nc3ccccc3)cc3ccccc23)ccc(NC(=O)c2ccccc2)c1CC. The largest absolute Gasteiger partial charge is 0.505 e. The number of hydrogen-bond donors (Lipinski definition) is 3. The van der Waals surface area contributed by atoms with Gasteiger partial charge in [-0.05, 0) is 61.2 Å². The topological polar surface area (TPSA) is 112 Å². The molecule has 0 radical (unpaired) electrons. The number of amides is 2. The Hall–Kier alpha value is -5.50.